The molecule has 2 N–H and O–H groups in total. The van der Waals surface area contributed by atoms with Gasteiger partial charge in [0.25, 0.3) is 0 Å². The molecule has 1 atom stereocenters. The highest BCUT2D eigenvalue weighted by atomic mass is 16.5. The van der Waals surface area contributed by atoms with E-state index < -0.39 is 6.04 Å². The highest BCUT2D eigenvalue weighted by Crippen LogP contribution is 2.23. The van der Waals surface area contributed by atoms with Crippen LogP contribution in [0, 0.1) is 5.41 Å². The Morgan fingerprint density at radius 3 is 2.27 bits per heavy atom. The smallest absolute Gasteiger partial charge is 0.323 e. The summed E-state index contributed by atoms with van der Waals surface area (Å²) in [6.45, 7) is 5.87. The van der Waals surface area contributed by atoms with Crippen molar-refractivity contribution >= 4 is 5.97 Å². The fourth-order valence-electron chi connectivity index (χ4n) is 1.77. The van der Waals surface area contributed by atoms with E-state index in [-0.39, 0.29) is 17.5 Å². The number of carbonyl (C=O) groups excluding carboxylic acids is 1. The maximum atomic E-state index is 11.7. The zero-order valence-electron chi connectivity index (χ0n) is 10.1. The minimum atomic E-state index is -0.514. The summed E-state index contributed by atoms with van der Waals surface area (Å²) in [6.07, 6.45) is 5.72. The molecule has 0 bridgehead atoms. The first kappa shape index (κ1) is 12.5. The van der Waals surface area contributed by atoms with E-state index in [0.717, 1.165) is 12.8 Å². The predicted octanol–water partition coefficient (Wildman–Crippen LogP) is 2.24. The number of hydrogen-bond acceptors (Lipinski definition) is 3. The molecule has 0 amide bonds. The van der Waals surface area contributed by atoms with Crippen molar-refractivity contribution < 1.29 is 9.53 Å². The standard InChI is InChI=1S/C12H23NO2/c1-12(2,3)10(13)11(14)15-9-7-5-4-6-8-9/h9-10H,4-8,13H2,1-3H3. The number of rotatable bonds is 2. The Morgan fingerprint density at radius 2 is 1.80 bits per heavy atom. The van der Waals surface area contributed by atoms with Gasteiger partial charge in [0.2, 0.25) is 0 Å². The van der Waals surface area contributed by atoms with Gasteiger partial charge >= 0.3 is 5.97 Å². The van der Waals surface area contributed by atoms with Crippen molar-refractivity contribution in [2.45, 2.75) is 65.0 Å². The second-order valence-corrected chi connectivity index (χ2v) is 5.54. The SMILES string of the molecule is CC(C)(C)C(N)C(=O)OC1CCCCC1. The first-order valence-corrected chi connectivity index (χ1v) is 5.87. The van der Waals surface area contributed by atoms with Gasteiger partial charge in [0.05, 0.1) is 0 Å². The lowest BCUT2D eigenvalue weighted by molar-refractivity contribution is -0.154. The van der Waals surface area contributed by atoms with E-state index in [9.17, 15) is 4.79 Å². The van der Waals surface area contributed by atoms with Crippen LogP contribution in [0.15, 0.2) is 0 Å². The molecule has 0 radical (unpaired) electrons. The molecule has 3 heteroatoms. The molecular weight excluding hydrogens is 190 g/mol. The van der Waals surface area contributed by atoms with Crippen molar-refractivity contribution in [1.29, 1.82) is 0 Å². The average Bonchev–Trinajstić information content (AvgIpc) is 2.16. The highest BCUT2D eigenvalue weighted by Gasteiger charge is 2.30. The van der Waals surface area contributed by atoms with Crippen molar-refractivity contribution in [2.24, 2.45) is 11.1 Å². The quantitative estimate of drug-likeness (QED) is 0.716. The molecule has 0 aliphatic heterocycles. The first-order valence-electron chi connectivity index (χ1n) is 5.87. The van der Waals surface area contributed by atoms with Crippen LogP contribution in [0.25, 0.3) is 0 Å². The fraction of sp³-hybridized carbons (Fsp3) is 0.917. The molecule has 1 aliphatic rings. The van der Waals surface area contributed by atoms with Crippen LogP contribution in [0.4, 0.5) is 0 Å². The third-order valence-electron chi connectivity index (χ3n) is 3.02. The van der Waals surface area contributed by atoms with Gasteiger partial charge in [0.15, 0.2) is 0 Å². The molecule has 15 heavy (non-hydrogen) atoms. The summed E-state index contributed by atoms with van der Waals surface area (Å²) < 4.78 is 5.42. The van der Waals surface area contributed by atoms with Gasteiger partial charge in [0.1, 0.15) is 12.1 Å². The summed E-state index contributed by atoms with van der Waals surface area (Å²) in [7, 11) is 0. The van der Waals surface area contributed by atoms with Crippen LogP contribution in [-0.2, 0) is 9.53 Å². The lowest BCUT2D eigenvalue weighted by atomic mass is 9.87. The number of ether oxygens (including phenoxy) is 1. The Labute approximate surface area is 92.4 Å². The number of hydrogen-bond donors (Lipinski definition) is 1. The molecule has 0 saturated heterocycles. The van der Waals surface area contributed by atoms with Crippen LogP contribution in [0.2, 0.25) is 0 Å². The summed E-state index contributed by atoms with van der Waals surface area (Å²) in [5.74, 6) is -0.241. The normalized spacial score (nSPS) is 21.1. The fourth-order valence-corrected chi connectivity index (χ4v) is 1.77. The highest BCUT2D eigenvalue weighted by molar-refractivity contribution is 5.76. The van der Waals surface area contributed by atoms with Crippen LogP contribution in [0.5, 0.6) is 0 Å². The molecular formula is C12H23NO2. The van der Waals surface area contributed by atoms with Gasteiger partial charge in [-0.3, -0.25) is 4.79 Å². The summed E-state index contributed by atoms with van der Waals surface area (Å²) in [5, 5.41) is 0. The first-order chi connectivity index (χ1) is 6.91. The molecule has 1 saturated carbocycles. The molecule has 0 aromatic heterocycles. The van der Waals surface area contributed by atoms with Gasteiger partial charge in [-0.25, -0.2) is 0 Å². The maximum Gasteiger partial charge on any atom is 0.323 e. The lowest BCUT2D eigenvalue weighted by Gasteiger charge is -2.28. The third kappa shape index (κ3) is 3.82. The molecule has 1 fully saturated rings. The van der Waals surface area contributed by atoms with Gasteiger partial charge < -0.3 is 10.5 Å². The molecule has 0 heterocycles. The van der Waals surface area contributed by atoms with Crippen molar-refractivity contribution in [1.82, 2.24) is 0 Å². The largest absolute Gasteiger partial charge is 0.461 e. The Kier molecular flexibility index (Phi) is 4.14. The van der Waals surface area contributed by atoms with E-state index in [1.54, 1.807) is 0 Å². The van der Waals surface area contributed by atoms with Crippen LogP contribution >= 0.6 is 0 Å². The van der Waals surface area contributed by atoms with Gasteiger partial charge in [-0.15, -0.1) is 0 Å². The molecule has 1 aliphatic carbocycles. The molecule has 3 nitrogen and oxygen atoms in total. The summed E-state index contributed by atoms with van der Waals surface area (Å²) in [5.41, 5.74) is 5.62. The maximum absolute atomic E-state index is 11.7. The monoisotopic (exact) mass is 213 g/mol. The molecule has 1 rings (SSSR count). The molecule has 88 valence electrons. The second-order valence-electron chi connectivity index (χ2n) is 5.54. The van der Waals surface area contributed by atoms with Crippen LogP contribution in [0.3, 0.4) is 0 Å². The Morgan fingerprint density at radius 1 is 1.27 bits per heavy atom. The topological polar surface area (TPSA) is 52.3 Å². The zero-order chi connectivity index (χ0) is 11.5. The van der Waals surface area contributed by atoms with Crippen molar-refractivity contribution in [2.75, 3.05) is 0 Å². The van der Waals surface area contributed by atoms with Gasteiger partial charge in [-0.05, 0) is 31.1 Å². The molecule has 0 spiro atoms. The predicted molar refractivity (Wildman–Crippen MR) is 60.4 cm³/mol. The van der Waals surface area contributed by atoms with Gasteiger partial charge in [-0.2, -0.15) is 0 Å². The number of nitrogens with two attached hydrogens (primary N) is 1. The van der Waals surface area contributed by atoms with E-state index in [1.165, 1.54) is 19.3 Å². The number of carbonyl (C=O) groups is 1. The zero-order valence-corrected chi connectivity index (χ0v) is 10.1. The van der Waals surface area contributed by atoms with Crippen LogP contribution in [0.1, 0.15) is 52.9 Å². The van der Waals surface area contributed by atoms with E-state index in [1.807, 2.05) is 20.8 Å². The molecule has 1 unspecified atom stereocenters. The van der Waals surface area contributed by atoms with E-state index in [4.69, 9.17) is 10.5 Å². The van der Waals surface area contributed by atoms with Crippen molar-refractivity contribution in [3.63, 3.8) is 0 Å². The minimum absolute atomic E-state index is 0.111. The summed E-state index contributed by atoms with van der Waals surface area (Å²) in [6, 6.07) is -0.514. The Balaban J connectivity index is 2.40. The number of esters is 1. The van der Waals surface area contributed by atoms with Crippen LogP contribution in [-0.4, -0.2) is 18.1 Å². The van der Waals surface area contributed by atoms with Gasteiger partial charge in [-0.1, -0.05) is 27.2 Å². The summed E-state index contributed by atoms with van der Waals surface area (Å²) >= 11 is 0. The molecule has 0 aromatic rings. The van der Waals surface area contributed by atoms with Crippen LogP contribution < -0.4 is 5.73 Å². The van der Waals surface area contributed by atoms with Crippen molar-refractivity contribution in [3.05, 3.63) is 0 Å². The Bertz CT molecular complexity index is 214. The average molecular weight is 213 g/mol. The molecule has 0 aromatic carbocycles. The van der Waals surface area contributed by atoms with Crippen molar-refractivity contribution in [3.8, 4) is 0 Å². The van der Waals surface area contributed by atoms with E-state index in [0.29, 0.717) is 0 Å². The van der Waals surface area contributed by atoms with Gasteiger partial charge in [0, 0.05) is 0 Å². The second kappa shape index (κ2) is 4.97. The lowest BCUT2D eigenvalue weighted by Crippen LogP contribution is -2.44. The van der Waals surface area contributed by atoms with E-state index >= 15 is 0 Å². The Hall–Kier alpha value is -0.570. The summed E-state index contributed by atoms with van der Waals surface area (Å²) in [4.78, 5) is 11.7. The third-order valence-corrected chi connectivity index (χ3v) is 3.02. The minimum Gasteiger partial charge on any atom is -0.461 e. The van der Waals surface area contributed by atoms with E-state index in [2.05, 4.69) is 0 Å².